The number of fused-ring (bicyclic) bond motifs is 1. The second-order valence-electron chi connectivity index (χ2n) is 8.31. The molecule has 1 aromatic heterocycles. The van der Waals surface area contributed by atoms with Gasteiger partial charge in [0.25, 0.3) is 11.8 Å². The molecule has 33 heavy (non-hydrogen) atoms. The largest absolute Gasteiger partial charge is 0.507 e. The number of nitrogens with one attached hydrogen (secondary N) is 1. The molecule has 2 aliphatic rings. The molecule has 1 aromatic carbocycles. The van der Waals surface area contributed by atoms with Crippen molar-refractivity contribution >= 4 is 23.5 Å². The normalized spacial score (nSPS) is 17.5. The van der Waals surface area contributed by atoms with Crippen LogP contribution in [-0.4, -0.2) is 53.7 Å². The summed E-state index contributed by atoms with van der Waals surface area (Å²) in [5, 5.41) is 14.2. The molecule has 4 rings (SSSR count). The zero-order valence-corrected chi connectivity index (χ0v) is 18.7. The Morgan fingerprint density at radius 1 is 1.18 bits per heavy atom. The summed E-state index contributed by atoms with van der Waals surface area (Å²) in [5.74, 6) is -0.306. The number of phenols is 1. The van der Waals surface area contributed by atoms with Crippen molar-refractivity contribution in [1.29, 1.82) is 0 Å². The van der Waals surface area contributed by atoms with Crippen LogP contribution in [0.5, 0.6) is 5.75 Å². The highest BCUT2D eigenvalue weighted by molar-refractivity contribution is 6.07. The molecular formula is C24H27N3O6. The summed E-state index contributed by atoms with van der Waals surface area (Å²) in [4.78, 5) is 39.0. The quantitative estimate of drug-likeness (QED) is 0.542. The minimum Gasteiger partial charge on any atom is -0.507 e. The van der Waals surface area contributed by atoms with Crippen molar-refractivity contribution in [2.75, 3.05) is 20.2 Å². The number of esters is 1. The Bertz CT molecular complexity index is 1110. The summed E-state index contributed by atoms with van der Waals surface area (Å²) in [6.07, 6.45) is 3.21. The molecule has 2 heterocycles. The van der Waals surface area contributed by atoms with Crippen LogP contribution in [0, 0.1) is 12.8 Å². The van der Waals surface area contributed by atoms with Gasteiger partial charge in [0.1, 0.15) is 11.5 Å². The number of para-hydroxylation sites is 1. The fourth-order valence-corrected chi connectivity index (χ4v) is 4.46. The molecule has 1 aliphatic heterocycles. The molecule has 2 amide bonds. The second-order valence-corrected chi connectivity index (χ2v) is 8.31. The van der Waals surface area contributed by atoms with Gasteiger partial charge in [0.15, 0.2) is 5.76 Å². The molecule has 0 spiro atoms. The third-order valence-electron chi connectivity index (χ3n) is 6.28. The molecular weight excluding hydrogens is 426 g/mol. The molecule has 174 valence electrons. The predicted molar refractivity (Wildman–Crippen MR) is 119 cm³/mol. The first kappa shape index (κ1) is 22.6. The molecule has 0 atom stereocenters. The van der Waals surface area contributed by atoms with Gasteiger partial charge in [0, 0.05) is 30.6 Å². The van der Waals surface area contributed by atoms with Crippen LogP contribution < -0.4 is 5.43 Å². The van der Waals surface area contributed by atoms with Gasteiger partial charge in [-0.3, -0.25) is 14.4 Å². The van der Waals surface area contributed by atoms with Gasteiger partial charge in [-0.2, -0.15) is 5.10 Å². The fourth-order valence-electron chi connectivity index (χ4n) is 4.46. The first-order valence-electron chi connectivity index (χ1n) is 11.0. The van der Waals surface area contributed by atoms with Crippen molar-refractivity contribution in [2.45, 2.75) is 39.0 Å². The Morgan fingerprint density at radius 2 is 1.91 bits per heavy atom. The summed E-state index contributed by atoms with van der Waals surface area (Å²) in [6.45, 7) is 2.74. The van der Waals surface area contributed by atoms with E-state index in [2.05, 4.69) is 10.5 Å². The van der Waals surface area contributed by atoms with E-state index in [9.17, 15) is 19.5 Å². The lowest BCUT2D eigenvalue weighted by Gasteiger charge is -2.30. The smallest absolute Gasteiger partial charge is 0.308 e. The van der Waals surface area contributed by atoms with Gasteiger partial charge >= 0.3 is 5.97 Å². The van der Waals surface area contributed by atoms with Crippen molar-refractivity contribution in [1.82, 2.24) is 10.3 Å². The van der Waals surface area contributed by atoms with E-state index in [0.717, 1.165) is 12.0 Å². The number of amides is 2. The molecule has 2 aromatic rings. The first-order valence-corrected chi connectivity index (χ1v) is 11.0. The summed E-state index contributed by atoms with van der Waals surface area (Å²) >= 11 is 0. The molecule has 1 fully saturated rings. The number of benzene rings is 1. The lowest BCUT2D eigenvalue weighted by Crippen LogP contribution is -2.40. The molecule has 2 N–H and O–H groups in total. The average molecular weight is 453 g/mol. The highest BCUT2D eigenvalue weighted by atomic mass is 16.5. The molecule has 0 saturated carbocycles. The minimum atomic E-state index is -0.515. The predicted octanol–water partition coefficient (Wildman–Crippen LogP) is 2.79. The van der Waals surface area contributed by atoms with Crippen LogP contribution in [-0.2, 0) is 16.0 Å². The summed E-state index contributed by atoms with van der Waals surface area (Å²) < 4.78 is 10.8. The van der Waals surface area contributed by atoms with E-state index in [0.29, 0.717) is 55.8 Å². The third-order valence-corrected chi connectivity index (χ3v) is 6.28. The Morgan fingerprint density at radius 3 is 2.61 bits per heavy atom. The number of phenolic OH excluding ortho intramolecular Hbond substituents is 1. The van der Waals surface area contributed by atoms with Gasteiger partial charge in [-0.1, -0.05) is 12.1 Å². The molecule has 9 heteroatoms. The molecule has 1 aliphatic carbocycles. The number of carbonyl (C=O) groups excluding carboxylic acids is 3. The number of furan rings is 1. The standard InChI is InChI=1S/C24H27N3O6/c1-14-20-17(25-26-22(29)16-6-3-4-8-18(16)28)7-5-9-19(20)33-21(14)23(30)27-12-10-15(11-13-27)24(31)32-2/h3-4,6,8,15,28H,5,7,9-13H2,1-2H3,(H,26,29)/b25-17+. The number of hydrazone groups is 1. The third kappa shape index (κ3) is 4.48. The topological polar surface area (TPSA) is 121 Å². The molecule has 1 saturated heterocycles. The van der Waals surface area contributed by atoms with Gasteiger partial charge in [0.2, 0.25) is 0 Å². The van der Waals surface area contributed by atoms with E-state index in [-0.39, 0.29) is 34.9 Å². The van der Waals surface area contributed by atoms with Crippen LogP contribution >= 0.6 is 0 Å². The van der Waals surface area contributed by atoms with Crippen LogP contribution in [0.15, 0.2) is 33.8 Å². The van der Waals surface area contributed by atoms with Crippen LogP contribution in [0.1, 0.15) is 63.5 Å². The lowest BCUT2D eigenvalue weighted by molar-refractivity contribution is -0.146. The SMILES string of the molecule is COC(=O)C1CCN(C(=O)c2oc3c(c2C)/C(=N/NC(=O)c2ccccc2O)CCC3)CC1. The number of rotatable bonds is 4. The van der Waals surface area contributed by atoms with Crippen molar-refractivity contribution in [3.8, 4) is 5.75 Å². The fraction of sp³-hybridized carbons (Fsp3) is 0.417. The van der Waals surface area contributed by atoms with Gasteiger partial charge in [0.05, 0.1) is 24.3 Å². The lowest BCUT2D eigenvalue weighted by atomic mass is 9.93. The Kier molecular flexibility index (Phi) is 6.48. The van der Waals surface area contributed by atoms with Crippen LogP contribution in [0.25, 0.3) is 0 Å². The highest BCUT2D eigenvalue weighted by Crippen LogP contribution is 2.31. The minimum absolute atomic E-state index is 0.122. The van der Waals surface area contributed by atoms with Gasteiger partial charge in [-0.05, 0) is 44.7 Å². The number of aromatic hydroxyl groups is 1. The van der Waals surface area contributed by atoms with Gasteiger partial charge in [-0.15, -0.1) is 0 Å². The first-order chi connectivity index (χ1) is 15.9. The number of carbonyl (C=O) groups is 3. The van der Waals surface area contributed by atoms with Crippen molar-refractivity contribution in [2.24, 2.45) is 11.0 Å². The van der Waals surface area contributed by atoms with Gasteiger partial charge < -0.3 is 19.2 Å². The van der Waals surface area contributed by atoms with E-state index in [1.165, 1.54) is 19.2 Å². The monoisotopic (exact) mass is 453 g/mol. The molecule has 0 bridgehead atoms. The Labute approximate surface area is 191 Å². The number of ether oxygens (including phenoxy) is 1. The number of hydrogen-bond donors (Lipinski definition) is 2. The van der Waals surface area contributed by atoms with E-state index in [1.807, 2.05) is 6.92 Å². The Balaban J connectivity index is 1.51. The van der Waals surface area contributed by atoms with Crippen LogP contribution in [0.3, 0.4) is 0 Å². The van der Waals surface area contributed by atoms with Crippen molar-refractivity contribution in [3.05, 3.63) is 52.5 Å². The average Bonchev–Trinajstić information content (AvgIpc) is 3.19. The van der Waals surface area contributed by atoms with E-state index < -0.39 is 5.91 Å². The van der Waals surface area contributed by atoms with Gasteiger partial charge in [-0.25, -0.2) is 5.43 Å². The zero-order valence-electron chi connectivity index (χ0n) is 18.7. The summed E-state index contributed by atoms with van der Waals surface area (Å²) in [6, 6.07) is 6.25. The molecule has 0 radical (unpaired) electrons. The number of piperidine rings is 1. The van der Waals surface area contributed by atoms with Crippen LogP contribution in [0.2, 0.25) is 0 Å². The molecule has 9 nitrogen and oxygen atoms in total. The number of hydrogen-bond acceptors (Lipinski definition) is 7. The van der Waals surface area contributed by atoms with E-state index >= 15 is 0 Å². The number of likely N-dealkylation sites (tertiary alicyclic amines) is 1. The second kappa shape index (κ2) is 9.48. The number of aryl methyl sites for hydroxylation is 1. The van der Waals surface area contributed by atoms with Crippen molar-refractivity contribution < 1.29 is 28.6 Å². The maximum atomic E-state index is 13.2. The number of methoxy groups -OCH3 is 1. The van der Waals surface area contributed by atoms with E-state index in [4.69, 9.17) is 9.15 Å². The summed E-state index contributed by atoms with van der Waals surface area (Å²) in [5.41, 5.74) is 4.74. The van der Waals surface area contributed by atoms with E-state index in [1.54, 1.807) is 17.0 Å². The van der Waals surface area contributed by atoms with Crippen LogP contribution in [0.4, 0.5) is 0 Å². The summed E-state index contributed by atoms with van der Waals surface area (Å²) in [7, 11) is 1.38. The zero-order chi connectivity index (χ0) is 23.5. The Hall–Kier alpha value is -3.62. The molecule has 0 unspecified atom stereocenters. The maximum Gasteiger partial charge on any atom is 0.308 e. The maximum absolute atomic E-state index is 13.2. The highest BCUT2D eigenvalue weighted by Gasteiger charge is 2.33. The number of nitrogens with zero attached hydrogens (tertiary/aromatic N) is 2. The van der Waals surface area contributed by atoms with Crippen molar-refractivity contribution in [3.63, 3.8) is 0 Å².